The van der Waals surface area contributed by atoms with Gasteiger partial charge in [0.15, 0.2) is 11.0 Å². The van der Waals surface area contributed by atoms with Gasteiger partial charge in [-0.25, -0.2) is 0 Å². The number of thiophene rings is 1. The maximum atomic E-state index is 4.38. The number of nitrogens with zero attached hydrogens (tertiary/aromatic N) is 3. The van der Waals surface area contributed by atoms with E-state index in [0.29, 0.717) is 5.92 Å². The highest BCUT2D eigenvalue weighted by Crippen LogP contribution is 2.31. The van der Waals surface area contributed by atoms with Crippen LogP contribution in [0.15, 0.2) is 40.9 Å². The summed E-state index contributed by atoms with van der Waals surface area (Å²) in [5.74, 6) is 2.41. The summed E-state index contributed by atoms with van der Waals surface area (Å²) >= 11 is 3.52. The van der Waals surface area contributed by atoms with Crippen LogP contribution in [0.5, 0.6) is 0 Å². The molecule has 5 heteroatoms. The SMILES string of the molecule is Cc1ccc(CSc2nnc(-c3csc(C(C)C)c3)n2C)cc1. The lowest BCUT2D eigenvalue weighted by Crippen LogP contribution is -1.94. The fraction of sp³-hybridized carbons (Fsp3) is 0.333. The van der Waals surface area contributed by atoms with Gasteiger partial charge in [0.05, 0.1) is 0 Å². The highest BCUT2D eigenvalue weighted by Gasteiger charge is 2.14. The zero-order valence-corrected chi connectivity index (χ0v) is 15.5. The van der Waals surface area contributed by atoms with Gasteiger partial charge < -0.3 is 4.57 Å². The monoisotopic (exact) mass is 343 g/mol. The van der Waals surface area contributed by atoms with Crippen molar-refractivity contribution in [2.45, 2.75) is 37.6 Å². The van der Waals surface area contributed by atoms with E-state index in [1.165, 1.54) is 16.0 Å². The Morgan fingerprint density at radius 2 is 1.91 bits per heavy atom. The molecule has 2 heterocycles. The molecule has 3 rings (SSSR count). The lowest BCUT2D eigenvalue weighted by atomic mass is 10.1. The predicted molar refractivity (Wildman–Crippen MR) is 99.1 cm³/mol. The average molecular weight is 344 g/mol. The van der Waals surface area contributed by atoms with Crippen LogP contribution in [0.4, 0.5) is 0 Å². The lowest BCUT2D eigenvalue weighted by Gasteiger charge is -2.03. The minimum absolute atomic E-state index is 0.553. The molecule has 0 unspecified atom stereocenters. The van der Waals surface area contributed by atoms with Gasteiger partial charge in [-0.1, -0.05) is 55.4 Å². The van der Waals surface area contributed by atoms with Crippen LogP contribution in [-0.2, 0) is 12.8 Å². The Kier molecular flexibility index (Phi) is 4.87. The van der Waals surface area contributed by atoms with Gasteiger partial charge in [0.1, 0.15) is 0 Å². The normalized spacial score (nSPS) is 11.3. The molecule has 3 aromatic rings. The molecular formula is C18H21N3S2. The molecular weight excluding hydrogens is 322 g/mol. The summed E-state index contributed by atoms with van der Waals surface area (Å²) in [5.41, 5.74) is 3.76. The summed E-state index contributed by atoms with van der Waals surface area (Å²) in [6.45, 7) is 6.54. The van der Waals surface area contributed by atoms with Crippen LogP contribution in [0.1, 0.15) is 35.8 Å². The van der Waals surface area contributed by atoms with E-state index in [2.05, 4.69) is 71.2 Å². The van der Waals surface area contributed by atoms with Crippen molar-refractivity contribution >= 4 is 23.1 Å². The lowest BCUT2D eigenvalue weighted by molar-refractivity contribution is 0.794. The van der Waals surface area contributed by atoms with E-state index >= 15 is 0 Å². The van der Waals surface area contributed by atoms with Gasteiger partial charge in [-0.2, -0.15) is 0 Å². The van der Waals surface area contributed by atoms with Gasteiger partial charge in [0, 0.05) is 28.6 Å². The third kappa shape index (κ3) is 3.67. The second-order valence-corrected chi connectivity index (χ2v) is 7.92. The Morgan fingerprint density at radius 3 is 2.57 bits per heavy atom. The smallest absolute Gasteiger partial charge is 0.191 e. The van der Waals surface area contributed by atoms with Gasteiger partial charge in [-0.3, -0.25) is 0 Å². The highest BCUT2D eigenvalue weighted by atomic mass is 32.2. The molecule has 120 valence electrons. The molecule has 0 aliphatic carbocycles. The first-order valence-electron chi connectivity index (χ1n) is 7.71. The molecule has 0 aliphatic rings. The van der Waals surface area contributed by atoms with Gasteiger partial charge in [0.25, 0.3) is 0 Å². The van der Waals surface area contributed by atoms with Crippen LogP contribution in [-0.4, -0.2) is 14.8 Å². The molecule has 3 nitrogen and oxygen atoms in total. The summed E-state index contributed by atoms with van der Waals surface area (Å²) in [5, 5.41) is 11.9. The van der Waals surface area contributed by atoms with Crippen molar-refractivity contribution in [2.24, 2.45) is 7.05 Å². The van der Waals surface area contributed by atoms with Crippen LogP contribution in [0.2, 0.25) is 0 Å². The third-order valence-electron chi connectivity index (χ3n) is 3.77. The summed E-state index contributed by atoms with van der Waals surface area (Å²) in [6.07, 6.45) is 0. The summed E-state index contributed by atoms with van der Waals surface area (Å²) in [6, 6.07) is 10.9. The molecule has 0 saturated carbocycles. The number of aromatic nitrogens is 3. The molecule has 0 amide bonds. The molecule has 0 fully saturated rings. The van der Waals surface area contributed by atoms with Gasteiger partial charge in [-0.15, -0.1) is 21.5 Å². The average Bonchev–Trinajstić information content (AvgIpc) is 3.14. The first-order chi connectivity index (χ1) is 11.0. The van der Waals surface area contributed by atoms with Crippen molar-refractivity contribution in [1.82, 2.24) is 14.8 Å². The fourth-order valence-electron chi connectivity index (χ4n) is 2.30. The maximum absolute atomic E-state index is 4.38. The number of hydrogen-bond acceptors (Lipinski definition) is 4. The fourth-order valence-corrected chi connectivity index (χ4v) is 4.07. The molecule has 0 saturated heterocycles. The van der Waals surface area contributed by atoms with Crippen molar-refractivity contribution in [1.29, 1.82) is 0 Å². The van der Waals surface area contributed by atoms with Gasteiger partial charge in [0.2, 0.25) is 0 Å². The Hall–Kier alpha value is -1.59. The molecule has 0 radical (unpaired) electrons. The van der Waals surface area contributed by atoms with E-state index in [0.717, 1.165) is 22.3 Å². The number of aryl methyl sites for hydroxylation is 1. The summed E-state index contributed by atoms with van der Waals surface area (Å²) in [7, 11) is 2.04. The van der Waals surface area contributed by atoms with E-state index < -0.39 is 0 Å². The van der Waals surface area contributed by atoms with Crippen molar-refractivity contribution in [3.8, 4) is 11.4 Å². The van der Waals surface area contributed by atoms with Gasteiger partial charge >= 0.3 is 0 Å². The summed E-state index contributed by atoms with van der Waals surface area (Å²) < 4.78 is 2.09. The molecule has 0 atom stereocenters. The van der Waals surface area contributed by atoms with Gasteiger partial charge in [-0.05, 0) is 24.5 Å². The van der Waals surface area contributed by atoms with Crippen molar-refractivity contribution < 1.29 is 0 Å². The van der Waals surface area contributed by atoms with Crippen LogP contribution in [0.3, 0.4) is 0 Å². The predicted octanol–water partition coefficient (Wildman–Crippen LogP) is 5.27. The third-order valence-corrected chi connectivity index (χ3v) is 6.09. The number of hydrogen-bond donors (Lipinski definition) is 0. The molecule has 0 aliphatic heterocycles. The topological polar surface area (TPSA) is 30.7 Å². The first kappa shape index (κ1) is 16.3. The van der Waals surface area contributed by atoms with E-state index in [9.17, 15) is 0 Å². The largest absolute Gasteiger partial charge is 0.305 e. The van der Waals surface area contributed by atoms with E-state index in [4.69, 9.17) is 0 Å². The minimum atomic E-state index is 0.553. The van der Waals surface area contributed by atoms with Crippen LogP contribution in [0.25, 0.3) is 11.4 Å². The second kappa shape index (κ2) is 6.89. The van der Waals surface area contributed by atoms with E-state index in [-0.39, 0.29) is 0 Å². The van der Waals surface area contributed by atoms with Crippen molar-refractivity contribution in [3.05, 3.63) is 51.7 Å². The second-order valence-electron chi connectivity index (χ2n) is 6.03. The van der Waals surface area contributed by atoms with Crippen LogP contribution in [0, 0.1) is 6.92 Å². The number of rotatable bonds is 5. The zero-order valence-electron chi connectivity index (χ0n) is 13.9. The standard InChI is InChI=1S/C18H21N3S2/c1-12(2)16-9-15(11-22-16)17-19-20-18(21(17)4)23-10-14-7-5-13(3)6-8-14/h5-9,11-12H,10H2,1-4H3. The van der Waals surface area contributed by atoms with Crippen LogP contribution < -0.4 is 0 Å². The quantitative estimate of drug-likeness (QED) is 0.591. The molecule has 1 aromatic carbocycles. The molecule has 23 heavy (non-hydrogen) atoms. The number of benzene rings is 1. The minimum Gasteiger partial charge on any atom is -0.305 e. The molecule has 2 aromatic heterocycles. The van der Waals surface area contributed by atoms with Crippen LogP contribution >= 0.6 is 23.1 Å². The van der Waals surface area contributed by atoms with Crippen molar-refractivity contribution in [2.75, 3.05) is 0 Å². The Labute approximate surface area is 145 Å². The maximum Gasteiger partial charge on any atom is 0.191 e. The first-order valence-corrected chi connectivity index (χ1v) is 9.57. The zero-order chi connectivity index (χ0) is 16.4. The Morgan fingerprint density at radius 1 is 1.17 bits per heavy atom. The molecule has 0 N–H and O–H groups in total. The highest BCUT2D eigenvalue weighted by molar-refractivity contribution is 7.98. The Bertz CT molecular complexity index is 785. The van der Waals surface area contributed by atoms with E-state index in [1.807, 2.05) is 7.05 Å². The number of thioether (sulfide) groups is 1. The Balaban J connectivity index is 1.74. The molecule has 0 spiro atoms. The van der Waals surface area contributed by atoms with Crippen molar-refractivity contribution in [3.63, 3.8) is 0 Å². The molecule has 0 bridgehead atoms. The van der Waals surface area contributed by atoms with E-state index in [1.54, 1.807) is 23.1 Å². The summed E-state index contributed by atoms with van der Waals surface area (Å²) in [4.78, 5) is 1.39.